The maximum Gasteiger partial charge on any atom is 0.508 e. The lowest BCUT2D eigenvalue weighted by Crippen LogP contribution is -2.24. The number of halogens is 7. The highest BCUT2D eigenvalue weighted by Gasteiger charge is 2.28. The van der Waals surface area contributed by atoms with Crippen LogP contribution in [0.5, 0.6) is 5.75 Å². The Hall–Kier alpha value is -1.67. The normalized spacial score (nSPS) is 11.5. The van der Waals surface area contributed by atoms with E-state index in [1.165, 1.54) is 0 Å². The second-order valence-electron chi connectivity index (χ2n) is 3.32. The molecule has 0 radical (unpaired) electrons. The number of hydrogen-bond acceptors (Lipinski definition) is 1. The van der Waals surface area contributed by atoms with Crippen molar-refractivity contribution < 1.29 is 35.2 Å². The third-order valence-electron chi connectivity index (χ3n) is 1.94. The largest absolute Gasteiger partial charge is 0.508 e. The van der Waals surface area contributed by atoms with Crippen molar-refractivity contribution in [2.45, 2.75) is 0 Å². The monoisotopic (exact) mass is 273 g/mol. The standard InChI is InChI=1S/C9H5BF7O/c1-4(10(15,16)17)3-18-9-7(13)5(11)2-6(12)8(9)14/h2H,1,3H2/q-1. The lowest BCUT2D eigenvalue weighted by molar-refractivity contribution is 0.293. The van der Waals surface area contributed by atoms with Gasteiger partial charge in [0.2, 0.25) is 11.6 Å². The molecule has 0 bridgehead atoms. The zero-order valence-corrected chi connectivity index (χ0v) is 8.62. The molecule has 0 aliphatic rings. The highest BCUT2D eigenvalue weighted by atomic mass is 19.4. The maximum absolute atomic E-state index is 13.0. The summed E-state index contributed by atoms with van der Waals surface area (Å²) in [5.74, 6) is -8.90. The Morgan fingerprint density at radius 3 is 1.89 bits per heavy atom. The molecule has 0 amide bonds. The third kappa shape index (κ3) is 2.96. The quantitative estimate of drug-likeness (QED) is 0.463. The van der Waals surface area contributed by atoms with Gasteiger partial charge in [-0.1, -0.05) is 0 Å². The van der Waals surface area contributed by atoms with E-state index in [2.05, 4.69) is 11.3 Å². The van der Waals surface area contributed by atoms with Crippen LogP contribution in [0, 0.1) is 23.3 Å². The van der Waals surface area contributed by atoms with Gasteiger partial charge in [-0.15, -0.1) is 12.1 Å². The number of rotatable bonds is 4. The van der Waals surface area contributed by atoms with Crippen LogP contribution < -0.4 is 4.74 Å². The molecule has 0 unspecified atom stereocenters. The molecule has 0 aliphatic heterocycles. The summed E-state index contributed by atoms with van der Waals surface area (Å²) in [6.45, 7) is -4.19. The Bertz CT molecular complexity index is 457. The van der Waals surface area contributed by atoms with Crippen molar-refractivity contribution in [1.29, 1.82) is 0 Å². The summed E-state index contributed by atoms with van der Waals surface area (Å²) in [4.78, 5) is 0. The average molecular weight is 273 g/mol. The summed E-state index contributed by atoms with van der Waals surface area (Å²) >= 11 is 0. The molecule has 1 nitrogen and oxygen atoms in total. The van der Waals surface area contributed by atoms with Crippen molar-refractivity contribution in [3.8, 4) is 5.75 Å². The van der Waals surface area contributed by atoms with Crippen LogP contribution in [0.4, 0.5) is 30.5 Å². The highest BCUT2D eigenvalue weighted by molar-refractivity contribution is 6.66. The van der Waals surface area contributed by atoms with E-state index in [4.69, 9.17) is 0 Å². The van der Waals surface area contributed by atoms with E-state index in [-0.39, 0.29) is 6.07 Å². The first-order valence-electron chi connectivity index (χ1n) is 4.48. The number of hydrogen-bond donors (Lipinski definition) is 0. The molecule has 1 aromatic rings. The second kappa shape index (κ2) is 4.91. The van der Waals surface area contributed by atoms with Gasteiger partial charge in [-0.2, -0.15) is 8.78 Å². The molecule has 0 saturated heterocycles. The molecule has 0 aliphatic carbocycles. The van der Waals surface area contributed by atoms with Crippen LogP contribution in [-0.2, 0) is 0 Å². The molecule has 0 N–H and O–H groups in total. The van der Waals surface area contributed by atoms with Gasteiger partial charge in [0.1, 0.15) is 0 Å². The molecule has 1 rings (SSSR count). The average Bonchev–Trinajstić information content (AvgIpc) is 2.25. The zero-order chi connectivity index (χ0) is 14.1. The first-order valence-corrected chi connectivity index (χ1v) is 4.48. The minimum atomic E-state index is -5.46. The summed E-state index contributed by atoms with van der Waals surface area (Å²) < 4.78 is 91.6. The van der Waals surface area contributed by atoms with Gasteiger partial charge in [0.05, 0.1) is 6.61 Å². The molecule has 0 aromatic heterocycles. The van der Waals surface area contributed by atoms with E-state index >= 15 is 0 Å². The molecule has 18 heavy (non-hydrogen) atoms. The van der Waals surface area contributed by atoms with Crippen LogP contribution in [0.25, 0.3) is 0 Å². The van der Waals surface area contributed by atoms with Crippen LogP contribution in [-0.4, -0.2) is 13.6 Å². The maximum atomic E-state index is 13.0. The minimum absolute atomic E-state index is 0.0833. The van der Waals surface area contributed by atoms with Crippen LogP contribution >= 0.6 is 0 Å². The fourth-order valence-electron chi connectivity index (χ4n) is 0.937. The summed E-state index contributed by atoms with van der Waals surface area (Å²) in [6, 6.07) is -0.0833. The minimum Gasteiger partial charge on any atom is -0.486 e. The molecule has 0 saturated carbocycles. The molecule has 100 valence electrons. The van der Waals surface area contributed by atoms with Gasteiger partial charge >= 0.3 is 6.98 Å². The zero-order valence-electron chi connectivity index (χ0n) is 8.62. The van der Waals surface area contributed by atoms with Gasteiger partial charge in [0, 0.05) is 6.07 Å². The molecule has 1 aromatic carbocycles. The van der Waals surface area contributed by atoms with Crippen LogP contribution in [0.1, 0.15) is 0 Å². The van der Waals surface area contributed by atoms with Gasteiger partial charge in [-0.3, -0.25) is 0 Å². The van der Waals surface area contributed by atoms with E-state index in [9.17, 15) is 30.5 Å². The van der Waals surface area contributed by atoms with Gasteiger partial charge in [0.25, 0.3) is 0 Å². The molecule has 9 heteroatoms. The van der Waals surface area contributed by atoms with Gasteiger partial charge in [-0.25, -0.2) is 8.78 Å². The van der Waals surface area contributed by atoms with Crippen molar-refractivity contribution in [3.05, 3.63) is 41.4 Å². The van der Waals surface area contributed by atoms with E-state index in [1.807, 2.05) is 0 Å². The van der Waals surface area contributed by atoms with Gasteiger partial charge in [-0.05, 0) is 0 Å². The third-order valence-corrected chi connectivity index (χ3v) is 1.94. The number of benzene rings is 1. The molecule has 0 atom stereocenters. The number of ether oxygens (including phenoxy) is 1. The smallest absolute Gasteiger partial charge is 0.486 e. The van der Waals surface area contributed by atoms with Crippen molar-refractivity contribution in [2.75, 3.05) is 6.61 Å². The van der Waals surface area contributed by atoms with Crippen molar-refractivity contribution in [3.63, 3.8) is 0 Å². The molecule has 0 fully saturated rings. The molecular weight excluding hydrogens is 268 g/mol. The van der Waals surface area contributed by atoms with Gasteiger partial charge in [0.15, 0.2) is 17.4 Å². The highest BCUT2D eigenvalue weighted by Crippen LogP contribution is 2.27. The Morgan fingerprint density at radius 1 is 1.06 bits per heavy atom. The van der Waals surface area contributed by atoms with Crippen LogP contribution in [0.2, 0.25) is 0 Å². The van der Waals surface area contributed by atoms with E-state index in [1.54, 1.807) is 0 Å². The molecular formula is C9H5BF7O-. The van der Waals surface area contributed by atoms with Crippen LogP contribution in [0.15, 0.2) is 18.1 Å². The van der Waals surface area contributed by atoms with E-state index in [0.717, 1.165) is 0 Å². The topological polar surface area (TPSA) is 9.23 Å². The Kier molecular flexibility index (Phi) is 3.93. The van der Waals surface area contributed by atoms with Crippen molar-refractivity contribution >= 4 is 6.98 Å². The SMILES string of the molecule is C=C(COc1c(F)c(F)cc(F)c1F)[B-](F)(F)F. The van der Waals surface area contributed by atoms with Crippen molar-refractivity contribution in [1.82, 2.24) is 0 Å². The second-order valence-corrected chi connectivity index (χ2v) is 3.32. The Labute approximate surface area is 96.9 Å². The predicted molar refractivity (Wildman–Crippen MR) is 50.0 cm³/mol. The molecule has 0 spiro atoms. The van der Waals surface area contributed by atoms with Crippen LogP contribution in [0.3, 0.4) is 0 Å². The summed E-state index contributed by atoms with van der Waals surface area (Å²) in [6.07, 6.45) is 0. The Morgan fingerprint density at radius 2 is 1.50 bits per heavy atom. The van der Waals surface area contributed by atoms with E-state index < -0.39 is 48.1 Å². The first kappa shape index (κ1) is 14.4. The first-order chi connectivity index (χ1) is 8.14. The summed E-state index contributed by atoms with van der Waals surface area (Å²) in [7, 11) is 0. The summed E-state index contributed by atoms with van der Waals surface area (Å²) in [5, 5.41) is 0. The predicted octanol–water partition coefficient (Wildman–Crippen LogP) is 3.56. The lowest BCUT2D eigenvalue weighted by Gasteiger charge is -2.18. The summed E-state index contributed by atoms with van der Waals surface area (Å²) in [5.41, 5.74) is -1.39. The fraction of sp³-hybridized carbons (Fsp3) is 0.111. The Balaban J connectivity index is 2.96. The van der Waals surface area contributed by atoms with Gasteiger partial charge < -0.3 is 17.7 Å². The fourth-order valence-corrected chi connectivity index (χ4v) is 0.937. The van der Waals surface area contributed by atoms with E-state index in [0.29, 0.717) is 0 Å². The lowest BCUT2D eigenvalue weighted by atomic mass is 9.81. The van der Waals surface area contributed by atoms with Crippen molar-refractivity contribution in [2.24, 2.45) is 0 Å². The molecule has 0 heterocycles.